The molecule has 0 fully saturated rings. The van der Waals surface area contributed by atoms with Crippen molar-refractivity contribution in [2.45, 2.75) is 12.5 Å². The number of carbonyl (C=O) groups excluding carboxylic acids is 2. The van der Waals surface area contributed by atoms with Crippen LogP contribution in [-0.2, 0) is 6.42 Å². The topological polar surface area (TPSA) is 92.7 Å². The Balaban J connectivity index is 1.57. The van der Waals surface area contributed by atoms with Crippen LogP contribution in [0.2, 0.25) is 0 Å². The number of H-pyrrole nitrogens is 1. The molecule has 0 aliphatic heterocycles. The average molecular weight is 307 g/mol. The molecule has 0 bridgehead atoms. The van der Waals surface area contributed by atoms with Crippen molar-refractivity contribution in [1.82, 2.24) is 24.8 Å². The lowest BCUT2D eigenvalue weighted by Gasteiger charge is -2.09. The molecular formula is C16H13N5O2. The fourth-order valence-electron chi connectivity index (χ4n) is 2.79. The summed E-state index contributed by atoms with van der Waals surface area (Å²) in [5.41, 5.74) is 2.51. The van der Waals surface area contributed by atoms with Gasteiger partial charge in [-0.1, -0.05) is 0 Å². The number of fused-ring (bicyclic) bond motifs is 1. The van der Waals surface area contributed by atoms with Crippen molar-refractivity contribution in [3.63, 3.8) is 0 Å². The van der Waals surface area contributed by atoms with E-state index in [1.165, 1.54) is 6.20 Å². The van der Waals surface area contributed by atoms with Crippen LogP contribution < -0.4 is 5.32 Å². The van der Waals surface area contributed by atoms with Gasteiger partial charge in [-0.3, -0.25) is 9.59 Å². The monoisotopic (exact) mass is 307 g/mol. The van der Waals surface area contributed by atoms with Gasteiger partial charge in [0.05, 0.1) is 12.4 Å². The molecule has 2 aromatic heterocycles. The predicted octanol–water partition coefficient (Wildman–Crippen LogP) is 1.13. The second-order valence-corrected chi connectivity index (χ2v) is 5.34. The smallest absolute Gasteiger partial charge is 0.287 e. The van der Waals surface area contributed by atoms with E-state index in [1.54, 1.807) is 24.8 Å². The molecule has 7 heteroatoms. The van der Waals surface area contributed by atoms with E-state index in [9.17, 15) is 9.59 Å². The van der Waals surface area contributed by atoms with Gasteiger partial charge in [-0.15, -0.1) is 0 Å². The third-order valence-electron chi connectivity index (χ3n) is 3.92. The van der Waals surface area contributed by atoms with Crippen LogP contribution >= 0.6 is 0 Å². The first kappa shape index (κ1) is 13.4. The molecule has 114 valence electrons. The van der Waals surface area contributed by atoms with Crippen LogP contribution in [0.25, 0.3) is 5.69 Å². The molecule has 0 radical (unpaired) electrons. The van der Waals surface area contributed by atoms with Gasteiger partial charge in [0.15, 0.2) is 11.6 Å². The van der Waals surface area contributed by atoms with Crippen LogP contribution in [0.15, 0.2) is 49.3 Å². The molecule has 1 aliphatic carbocycles. The Labute approximate surface area is 131 Å². The first-order valence-corrected chi connectivity index (χ1v) is 7.18. The molecule has 1 aromatic carbocycles. The SMILES string of the molecule is O=C(NC1Cc2cc(-n3ccnc3)ccc2C1=O)c1ncc[nH]1. The molecule has 7 nitrogen and oxygen atoms in total. The van der Waals surface area contributed by atoms with E-state index in [1.807, 2.05) is 22.9 Å². The van der Waals surface area contributed by atoms with Crippen molar-refractivity contribution in [3.05, 3.63) is 66.3 Å². The second kappa shape index (κ2) is 5.20. The van der Waals surface area contributed by atoms with E-state index < -0.39 is 6.04 Å². The van der Waals surface area contributed by atoms with Crippen LogP contribution in [0.4, 0.5) is 0 Å². The fraction of sp³-hybridized carbons (Fsp3) is 0.125. The number of aromatic amines is 1. The van der Waals surface area contributed by atoms with E-state index in [4.69, 9.17) is 0 Å². The first-order chi connectivity index (χ1) is 11.2. The van der Waals surface area contributed by atoms with E-state index in [0.717, 1.165) is 11.3 Å². The van der Waals surface area contributed by atoms with Gasteiger partial charge < -0.3 is 14.9 Å². The summed E-state index contributed by atoms with van der Waals surface area (Å²) in [6.07, 6.45) is 8.78. The maximum absolute atomic E-state index is 12.4. The molecule has 0 saturated carbocycles. The molecule has 0 spiro atoms. The lowest BCUT2D eigenvalue weighted by atomic mass is 10.1. The number of amides is 1. The molecule has 1 atom stereocenters. The van der Waals surface area contributed by atoms with Gasteiger partial charge in [-0.25, -0.2) is 9.97 Å². The highest BCUT2D eigenvalue weighted by Crippen LogP contribution is 2.25. The molecule has 1 unspecified atom stereocenters. The number of nitrogens with zero attached hydrogens (tertiary/aromatic N) is 3. The molecular weight excluding hydrogens is 294 g/mol. The highest BCUT2D eigenvalue weighted by molar-refractivity contribution is 6.07. The van der Waals surface area contributed by atoms with Crippen molar-refractivity contribution in [3.8, 4) is 5.69 Å². The molecule has 1 amide bonds. The number of aromatic nitrogens is 4. The number of ketones is 1. The average Bonchev–Trinajstić information content (AvgIpc) is 3.29. The molecule has 0 saturated heterocycles. The van der Waals surface area contributed by atoms with Crippen LogP contribution in [0.1, 0.15) is 26.5 Å². The van der Waals surface area contributed by atoms with Gasteiger partial charge in [0.25, 0.3) is 5.91 Å². The minimum absolute atomic E-state index is 0.0721. The fourth-order valence-corrected chi connectivity index (χ4v) is 2.79. The minimum atomic E-state index is -0.555. The number of hydrogen-bond acceptors (Lipinski definition) is 4. The van der Waals surface area contributed by atoms with Gasteiger partial charge in [0.1, 0.15) is 0 Å². The molecule has 1 aliphatic rings. The van der Waals surface area contributed by atoms with E-state index in [0.29, 0.717) is 12.0 Å². The standard InChI is InChI=1S/C16H13N5O2/c22-14-12-2-1-11(21-6-5-17-9-21)7-10(12)8-13(14)20-16(23)15-18-3-4-19-15/h1-7,9,13H,8H2,(H,18,19)(H,20,23). The van der Waals surface area contributed by atoms with Crippen molar-refractivity contribution in [2.75, 3.05) is 0 Å². The lowest BCUT2D eigenvalue weighted by molar-refractivity contribution is 0.0862. The van der Waals surface area contributed by atoms with Crippen molar-refractivity contribution < 1.29 is 9.59 Å². The zero-order valence-corrected chi connectivity index (χ0v) is 12.1. The van der Waals surface area contributed by atoms with Gasteiger partial charge >= 0.3 is 0 Å². The number of carbonyl (C=O) groups is 2. The summed E-state index contributed by atoms with van der Waals surface area (Å²) in [6.45, 7) is 0. The van der Waals surface area contributed by atoms with Crippen LogP contribution in [0, 0.1) is 0 Å². The molecule has 3 aromatic rings. The Bertz CT molecular complexity index is 868. The molecule has 23 heavy (non-hydrogen) atoms. The molecule has 2 heterocycles. The van der Waals surface area contributed by atoms with E-state index in [2.05, 4.69) is 20.3 Å². The van der Waals surface area contributed by atoms with Crippen molar-refractivity contribution in [1.29, 1.82) is 0 Å². The Kier molecular flexibility index (Phi) is 3.04. The van der Waals surface area contributed by atoms with Gasteiger partial charge in [-0.05, 0) is 23.8 Å². The van der Waals surface area contributed by atoms with E-state index in [-0.39, 0.29) is 17.5 Å². The maximum Gasteiger partial charge on any atom is 0.287 e. The number of Topliss-reactive ketones (excluding diaryl/α,β-unsaturated/α-hetero) is 1. The quantitative estimate of drug-likeness (QED) is 0.758. The van der Waals surface area contributed by atoms with Crippen LogP contribution in [-0.4, -0.2) is 37.3 Å². The van der Waals surface area contributed by atoms with Gasteiger partial charge in [-0.2, -0.15) is 0 Å². The zero-order valence-electron chi connectivity index (χ0n) is 12.1. The minimum Gasteiger partial charge on any atom is -0.341 e. The number of nitrogens with one attached hydrogen (secondary N) is 2. The number of imidazole rings is 2. The Morgan fingerprint density at radius 1 is 1.35 bits per heavy atom. The summed E-state index contributed by atoms with van der Waals surface area (Å²) < 4.78 is 1.87. The zero-order chi connectivity index (χ0) is 15.8. The Hall–Kier alpha value is -3.22. The van der Waals surface area contributed by atoms with Gasteiger partial charge in [0.2, 0.25) is 0 Å². The van der Waals surface area contributed by atoms with Crippen molar-refractivity contribution in [2.24, 2.45) is 0 Å². The summed E-state index contributed by atoms with van der Waals surface area (Å²) in [5.74, 6) is -0.249. The maximum atomic E-state index is 12.4. The predicted molar refractivity (Wildman–Crippen MR) is 81.4 cm³/mol. The van der Waals surface area contributed by atoms with Crippen molar-refractivity contribution >= 4 is 11.7 Å². The lowest BCUT2D eigenvalue weighted by Crippen LogP contribution is -2.39. The highest BCUT2D eigenvalue weighted by Gasteiger charge is 2.32. The second-order valence-electron chi connectivity index (χ2n) is 5.34. The molecule has 2 N–H and O–H groups in total. The number of benzene rings is 1. The largest absolute Gasteiger partial charge is 0.341 e. The number of hydrogen-bond donors (Lipinski definition) is 2. The van der Waals surface area contributed by atoms with Crippen LogP contribution in [0.5, 0.6) is 0 Å². The summed E-state index contributed by atoms with van der Waals surface area (Å²) in [4.78, 5) is 35.1. The molecule has 4 rings (SSSR count). The third-order valence-corrected chi connectivity index (χ3v) is 3.92. The van der Waals surface area contributed by atoms with E-state index >= 15 is 0 Å². The summed E-state index contributed by atoms with van der Waals surface area (Å²) in [7, 11) is 0. The Morgan fingerprint density at radius 2 is 2.26 bits per heavy atom. The first-order valence-electron chi connectivity index (χ1n) is 7.18. The number of rotatable bonds is 3. The highest BCUT2D eigenvalue weighted by atomic mass is 16.2. The van der Waals surface area contributed by atoms with Crippen LogP contribution in [0.3, 0.4) is 0 Å². The third kappa shape index (κ3) is 2.32. The summed E-state index contributed by atoms with van der Waals surface area (Å²) in [6, 6.07) is 5.07. The summed E-state index contributed by atoms with van der Waals surface area (Å²) in [5, 5.41) is 2.73. The summed E-state index contributed by atoms with van der Waals surface area (Å²) >= 11 is 0. The van der Waals surface area contributed by atoms with Gasteiger partial charge in [0, 0.05) is 42.5 Å². The Morgan fingerprint density at radius 3 is 3.00 bits per heavy atom. The normalized spacial score (nSPS) is 16.3.